The Hall–Kier alpha value is -0.680. The van der Waals surface area contributed by atoms with Crippen LogP contribution in [0.5, 0.6) is 0 Å². The van der Waals surface area contributed by atoms with Gasteiger partial charge in [0.15, 0.2) is 0 Å². The van der Waals surface area contributed by atoms with Crippen molar-refractivity contribution < 1.29 is 0 Å². The second-order valence-electron chi connectivity index (χ2n) is 4.98. The van der Waals surface area contributed by atoms with Crippen molar-refractivity contribution in [3.8, 4) is 0 Å². The lowest BCUT2D eigenvalue weighted by molar-refractivity contribution is 0.326. The van der Waals surface area contributed by atoms with Crippen LogP contribution in [-0.2, 0) is 0 Å². The van der Waals surface area contributed by atoms with Gasteiger partial charge in [0.25, 0.3) is 0 Å². The molecule has 1 saturated carbocycles. The first kappa shape index (κ1) is 11.4. The van der Waals surface area contributed by atoms with Gasteiger partial charge in [0.2, 0.25) is 0 Å². The molecule has 1 aromatic rings. The quantitative estimate of drug-likeness (QED) is 0.868. The van der Waals surface area contributed by atoms with Gasteiger partial charge in [0, 0.05) is 31.2 Å². The number of aromatic nitrogens is 2. The van der Waals surface area contributed by atoms with Crippen molar-refractivity contribution in [1.82, 2.24) is 14.9 Å². The summed E-state index contributed by atoms with van der Waals surface area (Å²) in [6.07, 6.45) is 4.01. The fourth-order valence-corrected chi connectivity index (χ4v) is 2.96. The minimum atomic E-state index is 0.539. The van der Waals surface area contributed by atoms with Crippen LogP contribution in [0.4, 0.5) is 5.82 Å². The smallest absolute Gasteiger partial charge is 0.131 e. The molecule has 2 aliphatic rings. The molecule has 1 aliphatic carbocycles. The van der Waals surface area contributed by atoms with E-state index in [9.17, 15) is 0 Å². The predicted octanol–water partition coefficient (Wildman–Crippen LogP) is 2.20. The highest BCUT2D eigenvalue weighted by molar-refractivity contribution is 9.10. The van der Waals surface area contributed by atoms with E-state index in [0.717, 1.165) is 28.8 Å². The monoisotopic (exact) mass is 296 g/mol. The SMILES string of the molecule is Cc1nc(Br)cc(NC2CCN(C3CC3)C2)n1. The summed E-state index contributed by atoms with van der Waals surface area (Å²) in [5.41, 5.74) is 0. The van der Waals surface area contributed by atoms with Crippen LogP contribution in [0.1, 0.15) is 25.1 Å². The molecule has 0 amide bonds. The average molecular weight is 297 g/mol. The Labute approximate surface area is 110 Å². The van der Waals surface area contributed by atoms with E-state index < -0.39 is 0 Å². The molecule has 1 saturated heterocycles. The Morgan fingerprint density at radius 1 is 1.35 bits per heavy atom. The molecule has 1 aliphatic heterocycles. The fourth-order valence-electron chi connectivity index (χ4n) is 2.49. The number of aryl methyl sites for hydroxylation is 1. The van der Waals surface area contributed by atoms with Gasteiger partial charge < -0.3 is 5.32 Å². The Morgan fingerprint density at radius 3 is 2.88 bits per heavy atom. The summed E-state index contributed by atoms with van der Waals surface area (Å²) in [4.78, 5) is 11.2. The topological polar surface area (TPSA) is 41.1 Å². The van der Waals surface area contributed by atoms with E-state index in [1.165, 1.54) is 25.8 Å². The Morgan fingerprint density at radius 2 is 2.18 bits per heavy atom. The average Bonchev–Trinajstić information content (AvgIpc) is 2.99. The van der Waals surface area contributed by atoms with Crippen LogP contribution in [0, 0.1) is 6.92 Å². The predicted molar refractivity (Wildman–Crippen MR) is 71.1 cm³/mol. The number of halogens is 1. The molecular formula is C12H17BrN4. The normalized spacial score (nSPS) is 25.2. The molecule has 0 spiro atoms. The lowest BCUT2D eigenvalue weighted by atomic mass is 10.2. The van der Waals surface area contributed by atoms with Crippen molar-refractivity contribution in [2.75, 3.05) is 18.4 Å². The highest BCUT2D eigenvalue weighted by Gasteiger charge is 2.34. The first-order valence-electron chi connectivity index (χ1n) is 6.22. The van der Waals surface area contributed by atoms with E-state index in [4.69, 9.17) is 0 Å². The van der Waals surface area contributed by atoms with Crippen LogP contribution in [-0.4, -0.2) is 40.0 Å². The van der Waals surface area contributed by atoms with Crippen LogP contribution < -0.4 is 5.32 Å². The van der Waals surface area contributed by atoms with E-state index in [1.54, 1.807) is 0 Å². The third-order valence-electron chi connectivity index (χ3n) is 3.44. The van der Waals surface area contributed by atoms with Crippen LogP contribution in [0.15, 0.2) is 10.7 Å². The van der Waals surface area contributed by atoms with Crippen LogP contribution in [0.2, 0.25) is 0 Å². The molecule has 92 valence electrons. The third kappa shape index (κ3) is 2.77. The number of nitrogens with one attached hydrogen (secondary N) is 1. The van der Waals surface area contributed by atoms with Crippen molar-refractivity contribution >= 4 is 21.7 Å². The highest BCUT2D eigenvalue weighted by Crippen LogP contribution is 2.30. The summed E-state index contributed by atoms with van der Waals surface area (Å²) in [6.45, 7) is 4.31. The molecular weight excluding hydrogens is 280 g/mol. The maximum Gasteiger partial charge on any atom is 0.131 e. The van der Waals surface area contributed by atoms with Gasteiger partial charge in [0.1, 0.15) is 16.2 Å². The van der Waals surface area contributed by atoms with Gasteiger partial charge in [-0.05, 0) is 42.1 Å². The maximum absolute atomic E-state index is 4.41. The van der Waals surface area contributed by atoms with Gasteiger partial charge in [-0.25, -0.2) is 9.97 Å². The molecule has 2 fully saturated rings. The summed E-state index contributed by atoms with van der Waals surface area (Å²) >= 11 is 3.41. The zero-order chi connectivity index (χ0) is 11.8. The summed E-state index contributed by atoms with van der Waals surface area (Å²) < 4.78 is 0.851. The molecule has 3 rings (SSSR count). The standard InChI is InChI=1S/C12H17BrN4/c1-8-14-11(13)6-12(15-8)16-9-4-5-17(7-9)10-2-3-10/h6,9-10H,2-5,7H2,1H3,(H,14,15,16). The van der Waals surface area contributed by atoms with Crippen LogP contribution >= 0.6 is 15.9 Å². The largest absolute Gasteiger partial charge is 0.366 e. The van der Waals surface area contributed by atoms with E-state index in [-0.39, 0.29) is 0 Å². The molecule has 0 aromatic carbocycles. The Kier molecular flexibility index (Phi) is 3.04. The van der Waals surface area contributed by atoms with Gasteiger partial charge in [-0.3, -0.25) is 4.90 Å². The lowest BCUT2D eigenvalue weighted by Gasteiger charge is -2.16. The third-order valence-corrected chi connectivity index (χ3v) is 3.85. The summed E-state index contributed by atoms with van der Waals surface area (Å²) in [5, 5.41) is 3.51. The van der Waals surface area contributed by atoms with Crippen molar-refractivity contribution in [3.05, 3.63) is 16.5 Å². The van der Waals surface area contributed by atoms with Gasteiger partial charge in [-0.1, -0.05) is 0 Å². The molecule has 1 aromatic heterocycles. The molecule has 1 unspecified atom stereocenters. The van der Waals surface area contributed by atoms with E-state index in [0.29, 0.717) is 6.04 Å². The summed E-state index contributed by atoms with van der Waals surface area (Å²) in [6, 6.07) is 3.37. The zero-order valence-electron chi connectivity index (χ0n) is 9.99. The summed E-state index contributed by atoms with van der Waals surface area (Å²) in [5.74, 6) is 1.74. The molecule has 0 bridgehead atoms. The van der Waals surface area contributed by atoms with Crippen LogP contribution in [0.3, 0.4) is 0 Å². The number of hydrogen-bond donors (Lipinski definition) is 1. The van der Waals surface area contributed by atoms with Crippen LogP contribution in [0.25, 0.3) is 0 Å². The first-order chi connectivity index (χ1) is 8.20. The van der Waals surface area contributed by atoms with E-state index in [1.807, 2.05) is 13.0 Å². The van der Waals surface area contributed by atoms with Crippen molar-refractivity contribution in [1.29, 1.82) is 0 Å². The molecule has 5 heteroatoms. The molecule has 2 heterocycles. The van der Waals surface area contributed by atoms with Crippen molar-refractivity contribution in [3.63, 3.8) is 0 Å². The number of rotatable bonds is 3. The minimum Gasteiger partial charge on any atom is -0.366 e. The van der Waals surface area contributed by atoms with E-state index >= 15 is 0 Å². The number of hydrogen-bond acceptors (Lipinski definition) is 4. The maximum atomic E-state index is 4.41. The van der Waals surface area contributed by atoms with Gasteiger partial charge in [-0.2, -0.15) is 0 Å². The first-order valence-corrected chi connectivity index (χ1v) is 7.02. The zero-order valence-corrected chi connectivity index (χ0v) is 11.6. The minimum absolute atomic E-state index is 0.539. The molecule has 4 nitrogen and oxygen atoms in total. The Bertz CT molecular complexity index is 399. The fraction of sp³-hybridized carbons (Fsp3) is 0.667. The van der Waals surface area contributed by atoms with Gasteiger partial charge >= 0.3 is 0 Å². The number of nitrogens with zero attached hydrogens (tertiary/aromatic N) is 3. The molecule has 1 N–H and O–H groups in total. The molecule has 17 heavy (non-hydrogen) atoms. The van der Waals surface area contributed by atoms with Crippen molar-refractivity contribution in [2.24, 2.45) is 0 Å². The summed E-state index contributed by atoms with van der Waals surface area (Å²) in [7, 11) is 0. The second kappa shape index (κ2) is 4.53. The van der Waals surface area contributed by atoms with Gasteiger partial charge in [-0.15, -0.1) is 0 Å². The Balaban J connectivity index is 1.62. The highest BCUT2D eigenvalue weighted by atomic mass is 79.9. The van der Waals surface area contributed by atoms with E-state index in [2.05, 4.69) is 36.1 Å². The lowest BCUT2D eigenvalue weighted by Crippen LogP contribution is -2.28. The number of anilines is 1. The van der Waals surface area contributed by atoms with Gasteiger partial charge in [0.05, 0.1) is 0 Å². The molecule has 0 radical (unpaired) electrons. The number of likely N-dealkylation sites (tertiary alicyclic amines) is 1. The molecule has 1 atom stereocenters. The van der Waals surface area contributed by atoms with Crippen molar-refractivity contribution in [2.45, 2.75) is 38.3 Å². The second-order valence-corrected chi connectivity index (χ2v) is 5.79.